The maximum Gasteiger partial charge on any atom is 0.410 e. The van der Waals surface area contributed by atoms with Gasteiger partial charge in [0, 0.05) is 56.7 Å². The Morgan fingerprint density at radius 1 is 1.00 bits per heavy atom. The van der Waals surface area contributed by atoms with Crippen molar-refractivity contribution in [2.75, 3.05) is 37.7 Å². The number of carbonyl (C=O) groups excluding carboxylic acids is 1. The summed E-state index contributed by atoms with van der Waals surface area (Å²) in [6.07, 6.45) is 6.62. The number of benzene rings is 1. The number of nitrogens with zero attached hydrogens (tertiary/aromatic N) is 6. The number of fused-ring (bicyclic) bond motifs is 1. The Kier molecular flexibility index (Phi) is 5.93. The predicted octanol–water partition coefficient (Wildman–Crippen LogP) is 3.04. The zero-order valence-electron chi connectivity index (χ0n) is 19.3. The van der Waals surface area contributed by atoms with Crippen molar-refractivity contribution < 1.29 is 14.6 Å². The van der Waals surface area contributed by atoms with Crippen LogP contribution in [-0.2, 0) is 11.8 Å². The Bertz CT molecular complexity index is 1290. The van der Waals surface area contributed by atoms with Crippen LogP contribution < -0.4 is 4.90 Å². The van der Waals surface area contributed by atoms with Crippen LogP contribution in [0.1, 0.15) is 17.2 Å². The minimum atomic E-state index is -0.667. The number of hydrogen-bond acceptors (Lipinski definition) is 6. The maximum absolute atomic E-state index is 12.7. The van der Waals surface area contributed by atoms with Gasteiger partial charge in [-0.3, -0.25) is 4.68 Å². The highest BCUT2D eigenvalue weighted by molar-refractivity contribution is 5.76. The molecule has 1 aromatic carbocycles. The smallest absolute Gasteiger partial charge is 0.410 e. The summed E-state index contributed by atoms with van der Waals surface area (Å²) in [6, 6.07) is 11.8. The lowest BCUT2D eigenvalue weighted by molar-refractivity contribution is 0.0315. The molecule has 3 aromatic heterocycles. The van der Waals surface area contributed by atoms with E-state index >= 15 is 0 Å². The number of aliphatic hydroxyl groups excluding tert-OH is 1. The molecule has 0 aliphatic carbocycles. The van der Waals surface area contributed by atoms with E-state index in [9.17, 15) is 9.90 Å². The molecule has 1 fully saturated rings. The summed E-state index contributed by atoms with van der Waals surface area (Å²) >= 11 is 0. The lowest BCUT2D eigenvalue weighted by Crippen LogP contribution is -2.49. The number of amides is 1. The molecule has 0 bridgehead atoms. The number of carbonyl (C=O) groups is 1. The van der Waals surface area contributed by atoms with E-state index < -0.39 is 12.2 Å². The summed E-state index contributed by atoms with van der Waals surface area (Å²) in [5, 5.41) is 18.5. The van der Waals surface area contributed by atoms with Crippen LogP contribution in [-0.4, -0.2) is 68.3 Å². The van der Waals surface area contributed by atoms with Crippen molar-refractivity contribution in [3.05, 3.63) is 72.3 Å². The van der Waals surface area contributed by atoms with Crippen molar-refractivity contribution in [2.24, 2.45) is 7.05 Å². The van der Waals surface area contributed by atoms with Crippen molar-refractivity contribution >= 4 is 17.3 Å². The zero-order valence-corrected chi connectivity index (χ0v) is 19.3. The molecule has 0 spiro atoms. The van der Waals surface area contributed by atoms with Crippen LogP contribution >= 0.6 is 0 Å². The Morgan fingerprint density at radius 2 is 1.76 bits per heavy atom. The van der Waals surface area contributed by atoms with Gasteiger partial charge in [-0.2, -0.15) is 10.2 Å². The van der Waals surface area contributed by atoms with Crippen LogP contribution in [0.2, 0.25) is 0 Å². The van der Waals surface area contributed by atoms with Crippen LogP contribution in [0.15, 0.2) is 61.2 Å². The second kappa shape index (κ2) is 9.18. The van der Waals surface area contributed by atoms with Gasteiger partial charge in [0.25, 0.3) is 0 Å². The quantitative estimate of drug-likeness (QED) is 0.493. The molecule has 4 heterocycles. The summed E-state index contributed by atoms with van der Waals surface area (Å²) in [4.78, 5) is 16.7. The number of hydrogen-bond donors (Lipinski definition) is 1. The average molecular weight is 461 g/mol. The highest BCUT2D eigenvalue weighted by Crippen LogP contribution is 2.27. The summed E-state index contributed by atoms with van der Waals surface area (Å²) < 4.78 is 9.27. The minimum Gasteiger partial charge on any atom is -0.439 e. The van der Waals surface area contributed by atoms with Crippen molar-refractivity contribution in [1.29, 1.82) is 0 Å². The van der Waals surface area contributed by atoms with Crippen molar-refractivity contribution in [2.45, 2.75) is 13.0 Å². The molecule has 1 saturated heterocycles. The van der Waals surface area contributed by atoms with Gasteiger partial charge in [-0.05, 0) is 18.6 Å². The predicted molar refractivity (Wildman–Crippen MR) is 129 cm³/mol. The molecule has 0 radical (unpaired) electrons. The Morgan fingerprint density at radius 3 is 2.44 bits per heavy atom. The molecule has 0 saturated carbocycles. The molecule has 34 heavy (non-hydrogen) atoms. The SMILES string of the molecule is Cc1ccc(C(CO)OC(=O)N2CCN(c3cnn4cc(-c5cnn(C)c5)ccc34)CC2)cc1. The Hall–Kier alpha value is -3.85. The first kappa shape index (κ1) is 22.0. The fraction of sp³-hybridized carbons (Fsp3) is 0.320. The molecule has 1 atom stereocenters. The lowest BCUT2D eigenvalue weighted by Gasteiger charge is -2.35. The number of ether oxygens (including phenoxy) is 1. The van der Waals surface area contributed by atoms with E-state index in [0.29, 0.717) is 26.2 Å². The monoisotopic (exact) mass is 460 g/mol. The number of aryl methyl sites for hydroxylation is 2. The molecule has 1 aliphatic heterocycles. The normalized spacial score (nSPS) is 15.0. The third-order valence-corrected chi connectivity index (χ3v) is 6.27. The molecular weight excluding hydrogens is 432 g/mol. The third-order valence-electron chi connectivity index (χ3n) is 6.27. The molecule has 9 heteroatoms. The van der Waals surface area contributed by atoms with E-state index in [4.69, 9.17) is 4.74 Å². The fourth-order valence-electron chi connectivity index (χ4n) is 4.27. The fourth-order valence-corrected chi connectivity index (χ4v) is 4.27. The van der Waals surface area contributed by atoms with Crippen LogP contribution in [0.25, 0.3) is 16.6 Å². The van der Waals surface area contributed by atoms with Gasteiger partial charge in [0.05, 0.1) is 30.2 Å². The molecule has 4 aromatic rings. The summed E-state index contributed by atoms with van der Waals surface area (Å²) in [5.74, 6) is 0. The summed E-state index contributed by atoms with van der Waals surface area (Å²) in [7, 11) is 1.90. The second-order valence-electron chi connectivity index (χ2n) is 8.62. The largest absolute Gasteiger partial charge is 0.439 e. The highest BCUT2D eigenvalue weighted by Gasteiger charge is 2.26. The zero-order chi connectivity index (χ0) is 23.7. The Labute approximate surface area is 197 Å². The number of rotatable bonds is 5. The maximum atomic E-state index is 12.7. The standard InChI is InChI=1S/C25H28N6O3/c1-18-3-5-19(6-4-18)24(17-32)34-25(33)30-11-9-29(10-12-30)23-14-27-31-16-20(7-8-22(23)31)21-13-26-28(2)15-21/h3-8,13-16,24,32H,9-12,17H2,1-2H3. The van der Waals surface area contributed by atoms with E-state index in [1.54, 1.807) is 9.58 Å². The van der Waals surface area contributed by atoms with Crippen LogP contribution in [0.4, 0.5) is 10.5 Å². The number of aromatic nitrogens is 4. The van der Waals surface area contributed by atoms with Gasteiger partial charge in [0.1, 0.15) is 0 Å². The first-order valence-electron chi connectivity index (χ1n) is 11.4. The van der Waals surface area contributed by atoms with Gasteiger partial charge in [-0.15, -0.1) is 0 Å². The molecule has 1 unspecified atom stereocenters. The van der Waals surface area contributed by atoms with Gasteiger partial charge in [-0.25, -0.2) is 9.31 Å². The number of aliphatic hydroxyl groups is 1. The van der Waals surface area contributed by atoms with E-state index in [0.717, 1.165) is 33.5 Å². The molecule has 1 N–H and O–H groups in total. The topological polar surface area (TPSA) is 88.1 Å². The van der Waals surface area contributed by atoms with Crippen LogP contribution in [0.3, 0.4) is 0 Å². The van der Waals surface area contributed by atoms with Crippen molar-refractivity contribution in [3.63, 3.8) is 0 Å². The van der Waals surface area contributed by atoms with Crippen LogP contribution in [0.5, 0.6) is 0 Å². The number of anilines is 1. The minimum absolute atomic E-state index is 0.252. The van der Waals surface area contributed by atoms with E-state index in [1.165, 1.54) is 0 Å². The molecule has 1 aliphatic rings. The summed E-state index contributed by atoms with van der Waals surface area (Å²) in [5.41, 5.74) is 6.05. The van der Waals surface area contributed by atoms with Gasteiger partial charge >= 0.3 is 6.09 Å². The third kappa shape index (κ3) is 4.34. The van der Waals surface area contributed by atoms with Gasteiger partial charge < -0.3 is 19.6 Å². The van der Waals surface area contributed by atoms with Gasteiger partial charge in [-0.1, -0.05) is 35.9 Å². The van der Waals surface area contributed by atoms with Crippen molar-refractivity contribution in [3.8, 4) is 11.1 Å². The first-order valence-corrected chi connectivity index (χ1v) is 11.4. The molecule has 5 rings (SSSR count). The summed E-state index contributed by atoms with van der Waals surface area (Å²) in [6.45, 7) is 4.17. The van der Waals surface area contributed by atoms with E-state index in [-0.39, 0.29) is 6.61 Å². The van der Waals surface area contributed by atoms with Crippen molar-refractivity contribution in [1.82, 2.24) is 24.3 Å². The lowest BCUT2D eigenvalue weighted by atomic mass is 10.1. The second-order valence-corrected chi connectivity index (χ2v) is 8.62. The van der Waals surface area contributed by atoms with E-state index in [1.807, 2.05) is 67.5 Å². The molecule has 1 amide bonds. The molecule has 176 valence electrons. The highest BCUT2D eigenvalue weighted by atomic mass is 16.6. The van der Waals surface area contributed by atoms with E-state index in [2.05, 4.69) is 27.2 Å². The van der Waals surface area contributed by atoms with Crippen LogP contribution in [0, 0.1) is 6.92 Å². The van der Waals surface area contributed by atoms with Gasteiger partial charge in [0.2, 0.25) is 0 Å². The number of pyridine rings is 1. The number of piperazine rings is 1. The Balaban J connectivity index is 1.23. The molecular formula is C25H28N6O3. The first-order chi connectivity index (χ1) is 16.5. The van der Waals surface area contributed by atoms with Gasteiger partial charge in [0.15, 0.2) is 6.10 Å². The molecule has 9 nitrogen and oxygen atoms in total. The average Bonchev–Trinajstić information content (AvgIpc) is 3.49.